The molecule has 3 heteroatoms. The molecule has 0 fully saturated rings. The third-order valence-corrected chi connectivity index (χ3v) is 13.4. The van der Waals surface area contributed by atoms with Crippen LogP contribution in [0.3, 0.4) is 0 Å². The van der Waals surface area contributed by atoms with Crippen molar-refractivity contribution in [3.63, 3.8) is 0 Å². The second-order valence-electron chi connectivity index (χ2n) is 16.6. The minimum absolute atomic E-state index is 0.187. The first-order chi connectivity index (χ1) is 29.7. The normalized spacial score (nSPS) is 13.7. The van der Waals surface area contributed by atoms with Crippen LogP contribution in [0.2, 0.25) is 0 Å². The number of furan rings is 1. The Balaban J connectivity index is 1.05. The smallest absolute Gasteiger partial charge is 0.137 e. The highest BCUT2D eigenvalue weighted by molar-refractivity contribution is 6.11. The number of aromatic nitrogens is 1. The fraction of sp³-hybridized carbons (Fsp3) is 0.0526. The van der Waals surface area contributed by atoms with E-state index in [0.717, 1.165) is 57.5 Å². The van der Waals surface area contributed by atoms with Crippen LogP contribution in [0, 0.1) is 0 Å². The molecule has 0 saturated heterocycles. The Kier molecular flexibility index (Phi) is 7.06. The van der Waals surface area contributed by atoms with Gasteiger partial charge < -0.3 is 13.9 Å². The summed E-state index contributed by atoms with van der Waals surface area (Å²) in [5.41, 5.74) is 19.2. The average molecular weight is 767 g/mol. The van der Waals surface area contributed by atoms with Crippen LogP contribution in [0.25, 0.3) is 71.7 Å². The molecule has 0 amide bonds. The summed E-state index contributed by atoms with van der Waals surface area (Å²) in [6.07, 6.45) is 1.94. The van der Waals surface area contributed by atoms with E-state index in [1.807, 2.05) is 6.07 Å². The van der Waals surface area contributed by atoms with Gasteiger partial charge in [-0.05, 0) is 124 Å². The highest BCUT2D eigenvalue weighted by Gasteiger charge is 2.47. The number of hydrogen-bond acceptors (Lipinski definition) is 2. The molecule has 9 aromatic carbocycles. The molecule has 13 rings (SSSR count). The highest BCUT2D eigenvalue weighted by Crippen LogP contribution is 2.57. The summed E-state index contributed by atoms with van der Waals surface area (Å²) in [5, 5.41) is 4.72. The van der Waals surface area contributed by atoms with E-state index in [2.05, 4.69) is 210 Å². The van der Waals surface area contributed by atoms with E-state index >= 15 is 0 Å². The second-order valence-corrected chi connectivity index (χ2v) is 16.6. The van der Waals surface area contributed by atoms with Crippen molar-refractivity contribution in [1.29, 1.82) is 0 Å². The number of benzene rings is 9. The first-order valence-corrected chi connectivity index (χ1v) is 20.9. The van der Waals surface area contributed by atoms with Crippen LogP contribution < -0.4 is 4.90 Å². The molecule has 0 atom stereocenters. The van der Waals surface area contributed by atoms with E-state index in [1.165, 1.54) is 66.3 Å². The molecule has 0 N–H and O–H groups in total. The SMILES string of the molecule is c1ccc(-c2ccc3c(c2)C2(Cc4ccccc4C2)c2cc(N(c4ccc5c(c4)oc4ccccc45)c4ccc5c6ccccc6n(-c6ccccc6)c5c4)ccc2-3)cc1. The molecule has 3 nitrogen and oxygen atoms in total. The largest absolute Gasteiger partial charge is 0.456 e. The zero-order chi connectivity index (χ0) is 39.4. The molecule has 0 unspecified atom stereocenters. The quantitative estimate of drug-likeness (QED) is 0.174. The molecule has 60 heavy (non-hydrogen) atoms. The molecule has 0 aliphatic heterocycles. The maximum absolute atomic E-state index is 6.55. The predicted octanol–water partition coefficient (Wildman–Crippen LogP) is 14.9. The third kappa shape index (κ3) is 4.84. The Morgan fingerprint density at radius 2 is 0.967 bits per heavy atom. The first kappa shape index (κ1) is 33.4. The summed E-state index contributed by atoms with van der Waals surface area (Å²) >= 11 is 0. The number of anilines is 3. The van der Waals surface area contributed by atoms with Gasteiger partial charge in [0.15, 0.2) is 0 Å². The van der Waals surface area contributed by atoms with Gasteiger partial charge in [0.05, 0.1) is 11.0 Å². The van der Waals surface area contributed by atoms with Gasteiger partial charge in [-0.2, -0.15) is 0 Å². The average Bonchev–Trinajstić information content (AvgIpc) is 4.05. The van der Waals surface area contributed by atoms with Gasteiger partial charge in [0, 0.05) is 55.8 Å². The van der Waals surface area contributed by atoms with E-state index in [9.17, 15) is 0 Å². The topological polar surface area (TPSA) is 21.3 Å². The van der Waals surface area contributed by atoms with Gasteiger partial charge in [-0.3, -0.25) is 0 Å². The monoisotopic (exact) mass is 766 g/mol. The van der Waals surface area contributed by atoms with Gasteiger partial charge in [-0.1, -0.05) is 133 Å². The van der Waals surface area contributed by atoms with E-state index in [4.69, 9.17) is 4.42 Å². The van der Waals surface area contributed by atoms with E-state index < -0.39 is 0 Å². The molecular formula is C57H38N2O. The van der Waals surface area contributed by atoms with Gasteiger partial charge in [0.25, 0.3) is 0 Å². The minimum Gasteiger partial charge on any atom is -0.456 e. The molecule has 0 saturated carbocycles. The molecular weight excluding hydrogens is 729 g/mol. The summed E-state index contributed by atoms with van der Waals surface area (Å²) in [7, 11) is 0. The maximum Gasteiger partial charge on any atom is 0.137 e. The molecule has 0 radical (unpaired) electrons. The summed E-state index contributed by atoms with van der Waals surface area (Å²) in [6, 6.07) is 75.8. The van der Waals surface area contributed by atoms with Crippen LogP contribution >= 0.6 is 0 Å². The minimum atomic E-state index is -0.187. The zero-order valence-corrected chi connectivity index (χ0v) is 32.8. The van der Waals surface area contributed by atoms with Crippen molar-refractivity contribution in [2.45, 2.75) is 18.3 Å². The maximum atomic E-state index is 6.55. The van der Waals surface area contributed by atoms with Crippen molar-refractivity contribution in [3.05, 3.63) is 229 Å². The lowest BCUT2D eigenvalue weighted by Gasteiger charge is -2.30. The van der Waals surface area contributed by atoms with Crippen LogP contribution in [0.15, 0.2) is 211 Å². The lowest BCUT2D eigenvalue weighted by molar-refractivity contribution is 0.564. The van der Waals surface area contributed by atoms with Crippen molar-refractivity contribution in [2.75, 3.05) is 4.90 Å². The lowest BCUT2D eigenvalue weighted by atomic mass is 9.75. The number of rotatable bonds is 5. The lowest BCUT2D eigenvalue weighted by Crippen LogP contribution is -2.26. The van der Waals surface area contributed by atoms with Gasteiger partial charge in [0.1, 0.15) is 11.2 Å². The van der Waals surface area contributed by atoms with Crippen molar-refractivity contribution >= 4 is 60.8 Å². The Morgan fingerprint density at radius 3 is 1.77 bits per heavy atom. The Bertz CT molecular complexity index is 3480. The molecule has 282 valence electrons. The molecule has 2 aliphatic rings. The van der Waals surface area contributed by atoms with Crippen molar-refractivity contribution < 1.29 is 4.42 Å². The van der Waals surface area contributed by atoms with Gasteiger partial charge >= 0.3 is 0 Å². The Labute approximate surface area is 348 Å². The fourth-order valence-corrected chi connectivity index (χ4v) is 10.7. The van der Waals surface area contributed by atoms with Crippen molar-refractivity contribution in [2.24, 2.45) is 0 Å². The molecule has 0 bridgehead atoms. The number of hydrogen-bond donors (Lipinski definition) is 0. The summed E-state index contributed by atoms with van der Waals surface area (Å²) in [4.78, 5) is 2.44. The molecule has 1 spiro atoms. The molecule has 2 aromatic heterocycles. The van der Waals surface area contributed by atoms with Crippen LogP contribution in [0.5, 0.6) is 0 Å². The molecule has 2 heterocycles. The van der Waals surface area contributed by atoms with Crippen LogP contribution in [-0.2, 0) is 18.3 Å². The number of fused-ring (bicyclic) bond motifs is 12. The van der Waals surface area contributed by atoms with Gasteiger partial charge in [-0.25, -0.2) is 0 Å². The summed E-state index contributed by atoms with van der Waals surface area (Å²) in [5.74, 6) is 0. The molecule has 11 aromatic rings. The zero-order valence-electron chi connectivity index (χ0n) is 32.8. The molecule has 2 aliphatic carbocycles. The summed E-state index contributed by atoms with van der Waals surface area (Å²) in [6.45, 7) is 0. The van der Waals surface area contributed by atoms with Gasteiger partial charge in [-0.15, -0.1) is 0 Å². The number of para-hydroxylation sites is 3. The van der Waals surface area contributed by atoms with E-state index in [1.54, 1.807) is 0 Å². The van der Waals surface area contributed by atoms with E-state index in [0.29, 0.717) is 0 Å². The Morgan fingerprint density at radius 1 is 0.400 bits per heavy atom. The van der Waals surface area contributed by atoms with E-state index in [-0.39, 0.29) is 5.41 Å². The van der Waals surface area contributed by atoms with Gasteiger partial charge in [0.2, 0.25) is 0 Å². The first-order valence-electron chi connectivity index (χ1n) is 20.9. The predicted molar refractivity (Wildman–Crippen MR) is 248 cm³/mol. The number of nitrogens with zero attached hydrogens (tertiary/aromatic N) is 2. The van der Waals surface area contributed by atoms with Crippen molar-refractivity contribution in [3.8, 4) is 27.9 Å². The Hall–Kier alpha value is -7.62. The second kappa shape index (κ2) is 12.7. The van der Waals surface area contributed by atoms with Crippen LogP contribution in [-0.4, -0.2) is 4.57 Å². The fourth-order valence-electron chi connectivity index (χ4n) is 10.7. The van der Waals surface area contributed by atoms with Crippen molar-refractivity contribution in [1.82, 2.24) is 4.57 Å². The third-order valence-electron chi connectivity index (χ3n) is 13.4. The highest BCUT2D eigenvalue weighted by atomic mass is 16.3. The summed E-state index contributed by atoms with van der Waals surface area (Å²) < 4.78 is 8.95. The van der Waals surface area contributed by atoms with Crippen LogP contribution in [0.4, 0.5) is 17.1 Å². The van der Waals surface area contributed by atoms with Crippen LogP contribution in [0.1, 0.15) is 22.3 Å². The standard InChI is InChI=1S/C57H38N2O/c1-3-13-37(14-4-1)38-23-27-45-46-28-24-42(32-52(46)57(51(45)31-38)35-39-15-7-8-16-40(39)36-57)58(44-26-30-50-49-20-10-12-22-55(49)60-56(50)34-44)43-25-29-48-47-19-9-11-21-53(47)59(54(48)33-43)41-17-5-2-6-18-41/h1-34H,35-36H2.